The van der Waals surface area contributed by atoms with Crippen LogP contribution >= 0.6 is 0 Å². The predicted molar refractivity (Wildman–Crippen MR) is 98.2 cm³/mol. The quantitative estimate of drug-likeness (QED) is 0.744. The Hall–Kier alpha value is -0.420. The van der Waals surface area contributed by atoms with Crippen molar-refractivity contribution >= 4 is 0 Å². The van der Waals surface area contributed by atoms with E-state index in [1.807, 2.05) is 0 Å². The normalized spacial score (nSPS) is 60.2. The van der Waals surface area contributed by atoms with Gasteiger partial charge in [-0.3, -0.25) is 4.90 Å². The number of hydrogen-bond donors (Lipinski definition) is 2. The maximum atomic E-state index is 11.3. The van der Waals surface area contributed by atoms with Crippen LogP contribution in [0.3, 0.4) is 0 Å². The maximum absolute atomic E-state index is 11.3. The van der Waals surface area contributed by atoms with E-state index in [-0.39, 0.29) is 35.9 Å². The maximum Gasteiger partial charge on any atom is 0.117 e. The summed E-state index contributed by atoms with van der Waals surface area (Å²) in [5.74, 6) is 1.79. The van der Waals surface area contributed by atoms with Crippen molar-refractivity contribution in [3.8, 4) is 0 Å². The molecule has 0 aromatic rings. The van der Waals surface area contributed by atoms with Gasteiger partial charge < -0.3 is 14.9 Å². The summed E-state index contributed by atoms with van der Waals surface area (Å²) in [6, 6.07) is 0. The molecule has 8 aliphatic rings. The number of rotatable bonds is 2. The fourth-order valence-corrected chi connectivity index (χ4v) is 9.30. The third-order valence-electron chi connectivity index (χ3n) is 10.1. The van der Waals surface area contributed by atoms with Crippen molar-refractivity contribution in [2.45, 2.75) is 70.3 Å². The second-order valence-electron chi connectivity index (χ2n) is 10.7. The van der Waals surface area contributed by atoms with E-state index >= 15 is 0 Å². The topological polar surface area (TPSA) is 52.9 Å². The molecule has 2 spiro atoms. The molecule has 0 aromatic carbocycles. The van der Waals surface area contributed by atoms with Gasteiger partial charge in [-0.05, 0) is 67.3 Å². The van der Waals surface area contributed by atoms with E-state index in [1.165, 1.54) is 32.1 Å². The number of fused-ring (bicyclic) bond motifs is 2. The molecule has 9 atom stereocenters. The van der Waals surface area contributed by atoms with E-state index in [1.54, 1.807) is 0 Å². The third kappa shape index (κ3) is 1.57. The van der Waals surface area contributed by atoms with Crippen LogP contribution in [0.15, 0.2) is 12.2 Å². The second-order valence-corrected chi connectivity index (χ2v) is 10.7. The van der Waals surface area contributed by atoms with E-state index in [2.05, 4.69) is 18.4 Å². The third-order valence-corrected chi connectivity index (χ3v) is 10.1. The Balaban J connectivity index is 1.53. The summed E-state index contributed by atoms with van der Waals surface area (Å²) >= 11 is 0. The van der Waals surface area contributed by atoms with Crippen LogP contribution in [0, 0.1) is 34.0 Å². The number of nitrogens with zero attached hydrogens (tertiary/aromatic N) is 1. The van der Waals surface area contributed by atoms with Gasteiger partial charge in [0.2, 0.25) is 0 Å². The number of likely N-dealkylation sites (tertiary alicyclic amines) is 1. The van der Waals surface area contributed by atoms with Crippen LogP contribution in [0.4, 0.5) is 0 Å². The Morgan fingerprint density at radius 3 is 2.85 bits per heavy atom. The van der Waals surface area contributed by atoms with Gasteiger partial charge in [0.15, 0.2) is 0 Å². The van der Waals surface area contributed by atoms with E-state index < -0.39 is 0 Å². The summed E-state index contributed by atoms with van der Waals surface area (Å²) in [7, 11) is 0. The summed E-state index contributed by atoms with van der Waals surface area (Å²) in [4.78, 5) is 2.47. The summed E-state index contributed by atoms with van der Waals surface area (Å²) in [6.45, 7) is 8.80. The first-order chi connectivity index (χ1) is 12.5. The van der Waals surface area contributed by atoms with Gasteiger partial charge >= 0.3 is 0 Å². The van der Waals surface area contributed by atoms with Crippen molar-refractivity contribution < 1.29 is 14.9 Å². The molecule has 4 heteroatoms. The molecule has 0 aromatic heterocycles. The number of β-amino-alcohol motifs (C(OH)–C–C–N with tert-alkyl or cyclic N) is 1. The standard InChI is InChI=1S/C22H33NO3/c1-13-14-4-7-22(18(13)25)16(10-14)21-6-3-5-20(2)12-23(8-9-24)19(21)26-17(22)11-15(20)21/h14-19,24-25H,1,3-12H2,2H3. The van der Waals surface area contributed by atoms with Crippen LogP contribution in [0.2, 0.25) is 0 Å². The minimum absolute atomic E-state index is 0.0840. The summed E-state index contributed by atoms with van der Waals surface area (Å²) in [6.07, 6.45) is 8.43. The van der Waals surface area contributed by atoms with Crippen LogP contribution in [-0.4, -0.2) is 53.2 Å². The average molecular weight is 360 g/mol. The Kier molecular flexibility index (Phi) is 3.14. The minimum atomic E-state index is -0.373. The first-order valence-corrected chi connectivity index (χ1v) is 10.8. The molecule has 3 heterocycles. The minimum Gasteiger partial charge on any atom is -0.395 e. The fourth-order valence-electron chi connectivity index (χ4n) is 9.30. The molecule has 0 radical (unpaired) electrons. The summed E-state index contributed by atoms with van der Waals surface area (Å²) in [5.41, 5.74) is 1.53. The van der Waals surface area contributed by atoms with Crippen LogP contribution in [0.25, 0.3) is 0 Å². The number of piperidine rings is 1. The highest BCUT2D eigenvalue weighted by Crippen LogP contribution is 2.78. The molecule has 4 nitrogen and oxygen atoms in total. The van der Waals surface area contributed by atoms with Gasteiger partial charge in [-0.2, -0.15) is 0 Å². The predicted octanol–water partition coefficient (Wildman–Crippen LogP) is 2.55. The molecule has 9 unspecified atom stereocenters. The number of hydrogen-bond acceptors (Lipinski definition) is 4. The summed E-state index contributed by atoms with van der Waals surface area (Å²) in [5, 5.41) is 21.0. The SMILES string of the molecule is C=C1C2CCC3(C4CC5C6(C)CCCC5(C(O4)N(CCO)C6)C3C2)C1O. The number of aliphatic hydroxyl groups excluding tert-OH is 2. The average Bonchev–Trinajstić information content (AvgIpc) is 2.63. The molecule has 3 saturated heterocycles. The number of aliphatic hydroxyl groups is 2. The molecule has 2 N–H and O–H groups in total. The van der Waals surface area contributed by atoms with Gasteiger partial charge in [0.05, 0.1) is 18.8 Å². The van der Waals surface area contributed by atoms with Crippen molar-refractivity contribution in [2.24, 2.45) is 34.0 Å². The lowest BCUT2D eigenvalue weighted by Gasteiger charge is -2.79. The monoisotopic (exact) mass is 359 g/mol. The molecule has 26 heavy (non-hydrogen) atoms. The van der Waals surface area contributed by atoms with Gasteiger partial charge in [0.1, 0.15) is 6.23 Å². The highest BCUT2D eigenvalue weighted by molar-refractivity contribution is 5.32. The molecule has 144 valence electrons. The van der Waals surface area contributed by atoms with Crippen molar-refractivity contribution in [1.82, 2.24) is 4.90 Å². The second kappa shape index (κ2) is 4.94. The van der Waals surface area contributed by atoms with Gasteiger partial charge in [0, 0.05) is 23.9 Å². The lowest BCUT2D eigenvalue weighted by atomic mass is 9.32. The molecular formula is C22H33NO3. The Bertz CT molecular complexity index is 666. The Morgan fingerprint density at radius 2 is 2.04 bits per heavy atom. The van der Waals surface area contributed by atoms with Crippen molar-refractivity contribution in [3.05, 3.63) is 12.2 Å². The van der Waals surface area contributed by atoms with Crippen molar-refractivity contribution in [3.63, 3.8) is 0 Å². The largest absolute Gasteiger partial charge is 0.395 e. The summed E-state index contributed by atoms with van der Waals surface area (Å²) < 4.78 is 6.86. The Morgan fingerprint density at radius 1 is 1.19 bits per heavy atom. The van der Waals surface area contributed by atoms with E-state index in [0.29, 0.717) is 17.3 Å². The van der Waals surface area contributed by atoms with Gasteiger partial charge in [0.25, 0.3) is 0 Å². The number of ether oxygens (including phenoxy) is 1. The molecule has 0 amide bonds. The first kappa shape index (κ1) is 16.5. The highest BCUT2D eigenvalue weighted by atomic mass is 16.5. The molecule has 5 saturated carbocycles. The van der Waals surface area contributed by atoms with Gasteiger partial charge in [-0.1, -0.05) is 19.9 Å². The van der Waals surface area contributed by atoms with E-state index in [0.717, 1.165) is 37.4 Å². The first-order valence-electron chi connectivity index (χ1n) is 10.8. The van der Waals surface area contributed by atoms with Crippen LogP contribution in [0.1, 0.15) is 51.9 Å². The highest BCUT2D eigenvalue weighted by Gasteiger charge is 2.78. The fraction of sp³-hybridized carbons (Fsp3) is 0.909. The zero-order valence-corrected chi connectivity index (χ0v) is 16.0. The lowest BCUT2D eigenvalue weighted by molar-refractivity contribution is -0.405. The van der Waals surface area contributed by atoms with Crippen LogP contribution < -0.4 is 0 Å². The van der Waals surface area contributed by atoms with Crippen LogP contribution in [-0.2, 0) is 4.74 Å². The van der Waals surface area contributed by atoms with Crippen molar-refractivity contribution in [1.29, 1.82) is 0 Å². The zero-order valence-electron chi connectivity index (χ0n) is 16.0. The van der Waals surface area contributed by atoms with Crippen LogP contribution in [0.5, 0.6) is 0 Å². The molecule has 7 bridgehead atoms. The molecule has 8 rings (SSSR count). The van der Waals surface area contributed by atoms with E-state index in [9.17, 15) is 10.2 Å². The Labute approximate surface area is 156 Å². The molecule has 8 fully saturated rings. The van der Waals surface area contributed by atoms with E-state index in [4.69, 9.17) is 4.74 Å². The van der Waals surface area contributed by atoms with Gasteiger partial charge in [-0.25, -0.2) is 0 Å². The lowest BCUT2D eigenvalue weighted by Crippen LogP contribution is -2.82. The molecular weight excluding hydrogens is 326 g/mol. The molecule has 3 aliphatic heterocycles. The van der Waals surface area contributed by atoms with Gasteiger partial charge in [-0.15, -0.1) is 0 Å². The van der Waals surface area contributed by atoms with Crippen molar-refractivity contribution in [2.75, 3.05) is 19.7 Å². The molecule has 5 aliphatic carbocycles. The smallest absolute Gasteiger partial charge is 0.117 e. The zero-order chi connectivity index (χ0) is 17.9.